The Morgan fingerprint density at radius 2 is 1.87 bits per heavy atom. The van der Waals surface area contributed by atoms with E-state index in [0.29, 0.717) is 5.56 Å². The van der Waals surface area contributed by atoms with Gasteiger partial charge in [0.05, 0.1) is 5.56 Å². The van der Waals surface area contributed by atoms with Crippen LogP contribution in [-0.4, -0.2) is 17.9 Å². The minimum Gasteiger partial charge on any atom is -0.355 e. The van der Waals surface area contributed by atoms with Crippen molar-refractivity contribution in [3.8, 4) is 0 Å². The van der Waals surface area contributed by atoms with Crippen molar-refractivity contribution in [2.24, 2.45) is 0 Å². The van der Waals surface area contributed by atoms with Crippen LogP contribution in [0.4, 0.5) is 0 Å². The van der Waals surface area contributed by atoms with Gasteiger partial charge in [-0.2, -0.15) is 0 Å². The van der Waals surface area contributed by atoms with Gasteiger partial charge in [-0.05, 0) is 19.1 Å². The van der Waals surface area contributed by atoms with Crippen LogP contribution in [0.1, 0.15) is 45.2 Å². The van der Waals surface area contributed by atoms with E-state index in [9.17, 15) is 4.79 Å². The molecule has 1 rings (SSSR count). The second kappa shape index (κ2) is 10.7. The molecule has 0 aromatic carbocycles. The van der Waals surface area contributed by atoms with Crippen molar-refractivity contribution in [2.75, 3.05) is 7.05 Å². The molecule has 1 amide bonds. The normalized spacial score (nSPS) is 7.60. The third-order valence-corrected chi connectivity index (χ3v) is 1.48. The molecule has 0 aliphatic rings. The molecule has 15 heavy (non-hydrogen) atoms. The highest BCUT2D eigenvalue weighted by Crippen LogP contribution is 2.01. The zero-order valence-electron chi connectivity index (χ0n) is 10.6. The lowest BCUT2D eigenvalue weighted by Gasteiger charge is -2.00. The number of aromatic nitrogens is 1. The number of hydrogen-bond acceptors (Lipinski definition) is 2. The maximum atomic E-state index is 11.1. The van der Waals surface area contributed by atoms with Gasteiger partial charge in [0.1, 0.15) is 0 Å². The molecular weight excluding hydrogens is 188 g/mol. The van der Waals surface area contributed by atoms with Gasteiger partial charge in [-0.1, -0.05) is 27.7 Å². The van der Waals surface area contributed by atoms with E-state index >= 15 is 0 Å². The van der Waals surface area contributed by atoms with Crippen LogP contribution in [-0.2, 0) is 0 Å². The summed E-state index contributed by atoms with van der Waals surface area (Å²) in [4.78, 5) is 15.1. The minimum absolute atomic E-state index is 0. The molecule has 0 saturated heterocycles. The first-order chi connectivity index (χ1) is 7.25. The van der Waals surface area contributed by atoms with Crippen molar-refractivity contribution in [1.82, 2.24) is 10.3 Å². The Morgan fingerprint density at radius 3 is 2.27 bits per heavy atom. The van der Waals surface area contributed by atoms with E-state index in [1.165, 1.54) is 0 Å². The molecule has 0 aliphatic carbocycles. The summed E-state index contributed by atoms with van der Waals surface area (Å²) >= 11 is 0. The number of nitrogens with one attached hydrogen (secondary N) is 1. The smallest absolute Gasteiger partial charge is 0.252 e. The lowest BCUT2D eigenvalue weighted by molar-refractivity contribution is 0.0962. The highest BCUT2D eigenvalue weighted by atomic mass is 16.1. The molecular formula is C12H24N2O. The molecule has 88 valence electrons. The first-order valence-electron chi connectivity index (χ1n) is 5.39. The largest absolute Gasteiger partial charge is 0.355 e. The molecule has 1 N–H and O–H groups in total. The van der Waals surface area contributed by atoms with Crippen LogP contribution in [0, 0.1) is 6.92 Å². The molecule has 0 radical (unpaired) electrons. The van der Waals surface area contributed by atoms with Gasteiger partial charge in [-0.3, -0.25) is 9.78 Å². The minimum atomic E-state index is -0.0874. The first-order valence-corrected chi connectivity index (χ1v) is 5.39. The zero-order valence-corrected chi connectivity index (χ0v) is 10.6. The lowest BCUT2D eigenvalue weighted by atomic mass is 10.2. The van der Waals surface area contributed by atoms with Gasteiger partial charge in [-0.25, -0.2) is 0 Å². The molecule has 1 aromatic rings. The molecule has 0 saturated carbocycles. The third kappa shape index (κ3) is 5.83. The zero-order chi connectivity index (χ0) is 12.3. The fraction of sp³-hybridized carbons (Fsp3) is 0.500. The van der Waals surface area contributed by atoms with Crippen molar-refractivity contribution < 1.29 is 6.22 Å². The fourth-order valence-corrected chi connectivity index (χ4v) is 0.859. The second-order valence-electron chi connectivity index (χ2n) is 2.22. The number of rotatable bonds is 1. The highest BCUT2D eigenvalue weighted by Gasteiger charge is 2.04. The Balaban J connectivity index is -0.000000305. The van der Waals surface area contributed by atoms with E-state index < -0.39 is 0 Å². The van der Waals surface area contributed by atoms with E-state index in [0.717, 1.165) is 5.69 Å². The van der Waals surface area contributed by atoms with Crippen LogP contribution in [0.2, 0.25) is 0 Å². The molecule has 0 unspecified atom stereocenters. The van der Waals surface area contributed by atoms with Crippen LogP contribution in [0.25, 0.3) is 0 Å². The molecule has 0 atom stereocenters. The third-order valence-electron chi connectivity index (χ3n) is 1.48. The Kier molecular flexibility index (Phi) is 11.5. The summed E-state index contributed by atoms with van der Waals surface area (Å²) in [7, 11) is 1.61. The summed E-state index contributed by atoms with van der Waals surface area (Å²) in [6.07, 6.45) is 1.67. The Morgan fingerprint density at radius 1 is 1.33 bits per heavy atom. The summed E-state index contributed by atoms with van der Waals surface area (Å²) in [5.41, 5.74) is 1.39. The van der Waals surface area contributed by atoms with Crippen LogP contribution in [0.15, 0.2) is 18.3 Å². The van der Waals surface area contributed by atoms with Gasteiger partial charge >= 0.3 is 0 Å². The number of pyridine rings is 1. The summed E-state index contributed by atoms with van der Waals surface area (Å²) in [5, 5.41) is 2.54. The second-order valence-corrected chi connectivity index (χ2v) is 2.22. The number of amides is 1. The summed E-state index contributed by atoms with van der Waals surface area (Å²) in [6.45, 7) is 9.81. The van der Waals surface area contributed by atoms with Gasteiger partial charge in [0.2, 0.25) is 0 Å². The Labute approximate surface area is 94.4 Å². The predicted octanol–water partition coefficient (Wildman–Crippen LogP) is 3.05. The van der Waals surface area contributed by atoms with Crippen LogP contribution in [0.5, 0.6) is 0 Å². The van der Waals surface area contributed by atoms with E-state index in [4.69, 9.17) is 0 Å². The van der Waals surface area contributed by atoms with Crippen LogP contribution < -0.4 is 5.32 Å². The Bertz CT molecular complexity index is 277. The number of carbonyl (C=O) groups excluding carboxylic acids is 1. The van der Waals surface area contributed by atoms with Crippen molar-refractivity contribution in [3.05, 3.63) is 29.6 Å². The fourth-order valence-electron chi connectivity index (χ4n) is 0.859. The molecule has 0 fully saturated rings. The molecule has 3 heteroatoms. The van der Waals surface area contributed by atoms with Crippen molar-refractivity contribution in [1.29, 1.82) is 0 Å². The summed E-state index contributed by atoms with van der Waals surface area (Å²) in [6, 6.07) is 3.50. The van der Waals surface area contributed by atoms with Gasteiger partial charge in [-0.15, -0.1) is 0 Å². The average Bonchev–Trinajstić information content (AvgIpc) is 2.34. The topological polar surface area (TPSA) is 42.0 Å². The predicted molar refractivity (Wildman–Crippen MR) is 67.2 cm³/mol. The standard InChI is InChI=1S/C8H10N2O.2C2H6.H2/c1-6-7(8(11)9-2)4-3-5-10-6;2*1-2;/h3-5H,1-2H3,(H,9,11);2*1-2H3;1H. The Hall–Kier alpha value is -1.38. The van der Waals surface area contributed by atoms with Crippen molar-refractivity contribution in [3.63, 3.8) is 0 Å². The van der Waals surface area contributed by atoms with Gasteiger partial charge in [0.15, 0.2) is 0 Å². The van der Waals surface area contributed by atoms with E-state index in [1.54, 1.807) is 25.4 Å². The van der Waals surface area contributed by atoms with Crippen LogP contribution >= 0.6 is 0 Å². The SMILES string of the molecule is CC.CC.CNC(=O)c1cccnc1C.[HH]. The quantitative estimate of drug-likeness (QED) is 0.777. The van der Waals surface area contributed by atoms with Crippen molar-refractivity contribution in [2.45, 2.75) is 34.6 Å². The monoisotopic (exact) mass is 212 g/mol. The number of carbonyl (C=O) groups is 1. The van der Waals surface area contributed by atoms with Crippen LogP contribution in [0.3, 0.4) is 0 Å². The average molecular weight is 212 g/mol. The molecule has 0 spiro atoms. The number of hydrogen-bond donors (Lipinski definition) is 1. The maximum Gasteiger partial charge on any atom is 0.252 e. The molecule has 1 heterocycles. The van der Waals surface area contributed by atoms with E-state index in [1.807, 2.05) is 34.6 Å². The van der Waals surface area contributed by atoms with E-state index in [-0.39, 0.29) is 7.33 Å². The first kappa shape index (κ1) is 16.1. The number of nitrogens with zero attached hydrogens (tertiary/aromatic N) is 1. The molecule has 0 aliphatic heterocycles. The highest BCUT2D eigenvalue weighted by molar-refractivity contribution is 5.94. The lowest BCUT2D eigenvalue weighted by Crippen LogP contribution is -2.19. The summed E-state index contributed by atoms with van der Waals surface area (Å²) in [5.74, 6) is -0.0874. The maximum absolute atomic E-state index is 11.1. The van der Waals surface area contributed by atoms with Gasteiger partial charge in [0, 0.05) is 20.4 Å². The molecule has 0 bridgehead atoms. The van der Waals surface area contributed by atoms with Gasteiger partial charge < -0.3 is 5.32 Å². The molecule has 3 nitrogen and oxygen atoms in total. The van der Waals surface area contributed by atoms with E-state index in [2.05, 4.69) is 10.3 Å². The van der Waals surface area contributed by atoms with Gasteiger partial charge in [0.25, 0.3) is 5.91 Å². The van der Waals surface area contributed by atoms with Crippen molar-refractivity contribution >= 4 is 5.91 Å². The number of aryl methyl sites for hydroxylation is 1. The molecule has 1 aromatic heterocycles. The summed E-state index contributed by atoms with van der Waals surface area (Å²) < 4.78 is 0.